The Balaban J connectivity index is 2.80. The molecular formula is C14H23N3OS. The van der Waals surface area contributed by atoms with Crippen molar-refractivity contribution in [2.24, 2.45) is 0 Å². The molecule has 106 valence electrons. The van der Waals surface area contributed by atoms with Crippen LogP contribution in [0.15, 0.2) is 12.1 Å². The van der Waals surface area contributed by atoms with Gasteiger partial charge in [-0.2, -0.15) is 11.8 Å². The molecule has 0 radical (unpaired) electrons. The van der Waals surface area contributed by atoms with Gasteiger partial charge in [-0.1, -0.05) is 6.92 Å². The summed E-state index contributed by atoms with van der Waals surface area (Å²) < 4.78 is 0. The van der Waals surface area contributed by atoms with Crippen molar-refractivity contribution in [2.45, 2.75) is 33.2 Å². The Kier molecular flexibility index (Phi) is 6.70. The van der Waals surface area contributed by atoms with Crippen molar-refractivity contribution < 1.29 is 4.79 Å². The van der Waals surface area contributed by atoms with Crippen molar-refractivity contribution >= 4 is 23.5 Å². The van der Waals surface area contributed by atoms with Crippen LogP contribution < -0.4 is 10.6 Å². The topological polar surface area (TPSA) is 54.0 Å². The van der Waals surface area contributed by atoms with E-state index in [0.29, 0.717) is 5.56 Å². The van der Waals surface area contributed by atoms with E-state index in [9.17, 15) is 4.79 Å². The molecule has 0 saturated heterocycles. The largest absolute Gasteiger partial charge is 0.370 e. The summed E-state index contributed by atoms with van der Waals surface area (Å²) in [5.74, 6) is 1.67. The fraction of sp³-hybridized carbons (Fsp3) is 0.571. The van der Waals surface area contributed by atoms with Crippen LogP contribution in [0.5, 0.6) is 0 Å². The summed E-state index contributed by atoms with van der Waals surface area (Å²) in [4.78, 5) is 16.6. The van der Waals surface area contributed by atoms with Gasteiger partial charge in [-0.3, -0.25) is 4.79 Å². The molecule has 5 heteroatoms. The van der Waals surface area contributed by atoms with E-state index in [2.05, 4.69) is 28.8 Å². The van der Waals surface area contributed by atoms with Crippen LogP contribution in [-0.4, -0.2) is 35.5 Å². The Morgan fingerprint density at radius 3 is 2.74 bits per heavy atom. The van der Waals surface area contributed by atoms with Gasteiger partial charge in [0.2, 0.25) is 0 Å². The molecule has 1 aromatic heterocycles. The number of carbonyl (C=O) groups excluding carboxylic acids is 1. The summed E-state index contributed by atoms with van der Waals surface area (Å²) >= 11 is 1.75. The van der Waals surface area contributed by atoms with Crippen LogP contribution in [0.3, 0.4) is 0 Å². The molecule has 1 amide bonds. The molecule has 0 aliphatic heterocycles. The van der Waals surface area contributed by atoms with Crippen LogP contribution in [0.1, 0.15) is 36.3 Å². The van der Waals surface area contributed by atoms with E-state index in [4.69, 9.17) is 0 Å². The minimum Gasteiger partial charge on any atom is -0.370 e. The number of carbonyl (C=O) groups is 1. The number of amides is 1. The monoisotopic (exact) mass is 281 g/mol. The highest BCUT2D eigenvalue weighted by Gasteiger charge is 2.13. The zero-order valence-corrected chi connectivity index (χ0v) is 12.9. The Hall–Kier alpha value is -1.23. The first-order valence-electron chi connectivity index (χ1n) is 6.63. The summed E-state index contributed by atoms with van der Waals surface area (Å²) in [5.41, 5.74) is 1.52. The SMILES string of the molecule is CCNc1cc(C(=O)NC(CC)CSC)cc(C)n1. The first-order valence-corrected chi connectivity index (χ1v) is 8.02. The maximum atomic E-state index is 12.2. The number of aryl methyl sites for hydroxylation is 1. The van der Waals surface area contributed by atoms with Crippen LogP contribution in [0.25, 0.3) is 0 Å². The summed E-state index contributed by atoms with van der Waals surface area (Å²) in [7, 11) is 0. The van der Waals surface area contributed by atoms with E-state index in [1.807, 2.05) is 19.9 Å². The third-order valence-electron chi connectivity index (χ3n) is 2.77. The minimum absolute atomic E-state index is 0.0226. The summed E-state index contributed by atoms with van der Waals surface area (Å²) in [5, 5.41) is 6.21. The molecule has 0 spiro atoms. The second-order valence-electron chi connectivity index (χ2n) is 4.45. The summed E-state index contributed by atoms with van der Waals surface area (Å²) in [6, 6.07) is 3.85. The van der Waals surface area contributed by atoms with E-state index < -0.39 is 0 Å². The smallest absolute Gasteiger partial charge is 0.251 e. The Morgan fingerprint density at radius 2 is 2.16 bits per heavy atom. The van der Waals surface area contributed by atoms with Crippen LogP contribution in [-0.2, 0) is 0 Å². The van der Waals surface area contributed by atoms with Gasteiger partial charge in [-0.05, 0) is 38.7 Å². The predicted molar refractivity (Wildman–Crippen MR) is 83.1 cm³/mol. The van der Waals surface area contributed by atoms with Gasteiger partial charge in [0, 0.05) is 29.6 Å². The normalized spacial score (nSPS) is 12.0. The van der Waals surface area contributed by atoms with Gasteiger partial charge in [-0.25, -0.2) is 4.98 Å². The maximum Gasteiger partial charge on any atom is 0.251 e. The summed E-state index contributed by atoms with van der Waals surface area (Å²) in [6.45, 7) is 6.79. The van der Waals surface area contributed by atoms with Crippen molar-refractivity contribution in [2.75, 3.05) is 23.9 Å². The lowest BCUT2D eigenvalue weighted by Gasteiger charge is -2.16. The van der Waals surface area contributed by atoms with Crippen LogP contribution >= 0.6 is 11.8 Å². The number of aromatic nitrogens is 1. The van der Waals surface area contributed by atoms with Crippen molar-refractivity contribution in [3.63, 3.8) is 0 Å². The van der Waals surface area contributed by atoms with E-state index >= 15 is 0 Å². The number of nitrogens with one attached hydrogen (secondary N) is 2. The Bertz CT molecular complexity index is 423. The van der Waals surface area contributed by atoms with Gasteiger partial charge in [0.25, 0.3) is 5.91 Å². The summed E-state index contributed by atoms with van der Waals surface area (Å²) in [6.07, 6.45) is 2.99. The third-order valence-corrected chi connectivity index (χ3v) is 3.51. The number of anilines is 1. The number of rotatable bonds is 7. The molecule has 2 N–H and O–H groups in total. The lowest BCUT2D eigenvalue weighted by atomic mass is 10.2. The second kappa shape index (κ2) is 8.04. The molecular weight excluding hydrogens is 258 g/mol. The lowest BCUT2D eigenvalue weighted by Crippen LogP contribution is -2.36. The fourth-order valence-corrected chi connectivity index (χ4v) is 2.52. The molecule has 1 heterocycles. The highest BCUT2D eigenvalue weighted by molar-refractivity contribution is 7.98. The highest BCUT2D eigenvalue weighted by atomic mass is 32.2. The highest BCUT2D eigenvalue weighted by Crippen LogP contribution is 2.11. The average Bonchev–Trinajstić information content (AvgIpc) is 2.37. The van der Waals surface area contributed by atoms with E-state index in [1.165, 1.54) is 0 Å². The number of pyridine rings is 1. The Labute approximate surface area is 119 Å². The molecule has 0 bridgehead atoms. The van der Waals surface area contributed by atoms with E-state index in [1.54, 1.807) is 17.8 Å². The van der Waals surface area contributed by atoms with Crippen LogP contribution in [0.2, 0.25) is 0 Å². The molecule has 0 saturated carbocycles. The molecule has 4 nitrogen and oxygen atoms in total. The first kappa shape index (κ1) is 15.8. The molecule has 0 aliphatic carbocycles. The number of hydrogen-bond acceptors (Lipinski definition) is 4. The number of thioether (sulfide) groups is 1. The van der Waals surface area contributed by atoms with Gasteiger partial charge in [-0.15, -0.1) is 0 Å². The molecule has 19 heavy (non-hydrogen) atoms. The zero-order valence-electron chi connectivity index (χ0n) is 12.1. The fourth-order valence-electron chi connectivity index (χ4n) is 1.80. The van der Waals surface area contributed by atoms with Gasteiger partial charge in [0.1, 0.15) is 5.82 Å². The molecule has 1 unspecified atom stereocenters. The molecule has 0 aliphatic rings. The van der Waals surface area contributed by atoms with Crippen molar-refractivity contribution in [3.8, 4) is 0 Å². The molecule has 0 aromatic carbocycles. The standard InChI is InChI=1S/C14H23N3OS/c1-5-12(9-19-4)17-14(18)11-7-10(3)16-13(8-11)15-6-2/h7-8,12H,5-6,9H2,1-4H3,(H,15,16)(H,17,18). The second-order valence-corrected chi connectivity index (χ2v) is 5.36. The predicted octanol–water partition coefficient (Wildman–Crippen LogP) is 2.69. The van der Waals surface area contributed by atoms with Gasteiger partial charge in [0.05, 0.1) is 0 Å². The number of nitrogens with zero attached hydrogens (tertiary/aromatic N) is 1. The van der Waals surface area contributed by atoms with Crippen LogP contribution in [0.4, 0.5) is 5.82 Å². The van der Waals surface area contributed by atoms with E-state index in [-0.39, 0.29) is 11.9 Å². The van der Waals surface area contributed by atoms with Crippen molar-refractivity contribution in [3.05, 3.63) is 23.4 Å². The zero-order chi connectivity index (χ0) is 14.3. The van der Waals surface area contributed by atoms with Gasteiger partial charge in [0.15, 0.2) is 0 Å². The molecule has 1 atom stereocenters. The van der Waals surface area contributed by atoms with Gasteiger partial charge < -0.3 is 10.6 Å². The molecule has 1 aromatic rings. The first-order chi connectivity index (χ1) is 9.10. The number of hydrogen-bond donors (Lipinski definition) is 2. The quantitative estimate of drug-likeness (QED) is 0.807. The van der Waals surface area contributed by atoms with Crippen LogP contribution in [0, 0.1) is 6.92 Å². The molecule has 0 fully saturated rings. The lowest BCUT2D eigenvalue weighted by molar-refractivity contribution is 0.0940. The van der Waals surface area contributed by atoms with Gasteiger partial charge >= 0.3 is 0 Å². The average molecular weight is 281 g/mol. The third kappa shape index (κ3) is 5.11. The minimum atomic E-state index is -0.0226. The molecule has 1 rings (SSSR count). The van der Waals surface area contributed by atoms with Crippen molar-refractivity contribution in [1.82, 2.24) is 10.3 Å². The van der Waals surface area contributed by atoms with E-state index in [0.717, 1.165) is 30.2 Å². The Morgan fingerprint density at radius 1 is 1.42 bits per heavy atom. The van der Waals surface area contributed by atoms with Crippen molar-refractivity contribution in [1.29, 1.82) is 0 Å². The maximum absolute atomic E-state index is 12.2.